The van der Waals surface area contributed by atoms with Crippen LogP contribution in [0.1, 0.15) is 39.5 Å². The van der Waals surface area contributed by atoms with Crippen molar-refractivity contribution < 1.29 is 9.53 Å². The molecule has 0 spiro atoms. The average molecular weight is 226 g/mol. The molecule has 0 aromatic carbocycles. The van der Waals surface area contributed by atoms with Crippen LogP contribution in [-0.2, 0) is 9.53 Å². The predicted octanol–water partition coefficient (Wildman–Crippen LogP) is 0.811. The first-order valence-electron chi connectivity index (χ1n) is 6.35. The second-order valence-electron chi connectivity index (χ2n) is 5.05. The molecule has 0 aliphatic carbocycles. The fraction of sp³-hybridized carbons (Fsp3) is 0.917. The number of amides is 1. The van der Waals surface area contributed by atoms with Gasteiger partial charge in [-0.1, -0.05) is 0 Å². The highest BCUT2D eigenvalue weighted by molar-refractivity contribution is 5.81. The highest BCUT2D eigenvalue weighted by Gasteiger charge is 2.30. The molecule has 0 bridgehead atoms. The fourth-order valence-corrected chi connectivity index (χ4v) is 2.59. The van der Waals surface area contributed by atoms with E-state index in [2.05, 4.69) is 24.5 Å². The molecule has 2 fully saturated rings. The van der Waals surface area contributed by atoms with E-state index in [1.54, 1.807) is 0 Å². The zero-order valence-corrected chi connectivity index (χ0v) is 10.2. The third-order valence-corrected chi connectivity index (χ3v) is 3.61. The van der Waals surface area contributed by atoms with E-state index in [-0.39, 0.29) is 18.1 Å². The number of ether oxygens (including phenoxy) is 1. The van der Waals surface area contributed by atoms with E-state index in [9.17, 15) is 4.79 Å². The first-order chi connectivity index (χ1) is 7.66. The number of hydrogen-bond acceptors (Lipinski definition) is 3. The topological polar surface area (TPSA) is 50.4 Å². The molecule has 2 saturated heterocycles. The summed E-state index contributed by atoms with van der Waals surface area (Å²) in [6, 6.07) is 1.17. The van der Waals surface area contributed by atoms with Crippen LogP contribution in [0.25, 0.3) is 0 Å². The van der Waals surface area contributed by atoms with E-state index >= 15 is 0 Å². The molecule has 0 radical (unpaired) electrons. The largest absolute Gasteiger partial charge is 0.368 e. The van der Waals surface area contributed by atoms with Gasteiger partial charge in [0.2, 0.25) is 5.91 Å². The van der Waals surface area contributed by atoms with E-state index < -0.39 is 0 Å². The van der Waals surface area contributed by atoms with E-state index in [0.717, 1.165) is 32.3 Å². The Kier molecular flexibility index (Phi) is 3.82. The van der Waals surface area contributed by atoms with Crippen molar-refractivity contribution in [3.05, 3.63) is 0 Å². The molecule has 4 nitrogen and oxygen atoms in total. The summed E-state index contributed by atoms with van der Waals surface area (Å²) in [7, 11) is 0. The molecule has 2 aliphatic heterocycles. The van der Waals surface area contributed by atoms with Gasteiger partial charge in [-0.25, -0.2) is 0 Å². The van der Waals surface area contributed by atoms with Gasteiger partial charge in [0, 0.05) is 24.7 Å². The Labute approximate surface area is 97.1 Å². The number of carbonyl (C=O) groups excluding carboxylic acids is 1. The Bertz CT molecular complexity index is 251. The Hall–Kier alpha value is -0.610. The van der Waals surface area contributed by atoms with Gasteiger partial charge in [-0.05, 0) is 39.5 Å². The molecule has 2 heterocycles. The minimum Gasteiger partial charge on any atom is -0.368 e. The highest BCUT2D eigenvalue weighted by Crippen LogP contribution is 2.16. The van der Waals surface area contributed by atoms with Crippen molar-refractivity contribution in [2.45, 2.75) is 63.8 Å². The smallest absolute Gasteiger partial charge is 0.249 e. The zero-order chi connectivity index (χ0) is 11.5. The van der Waals surface area contributed by atoms with E-state index in [1.165, 1.54) is 0 Å². The summed E-state index contributed by atoms with van der Waals surface area (Å²) in [6.07, 6.45) is 3.87. The third-order valence-electron chi connectivity index (χ3n) is 3.61. The second-order valence-corrected chi connectivity index (χ2v) is 5.05. The fourth-order valence-electron chi connectivity index (χ4n) is 2.59. The highest BCUT2D eigenvalue weighted by atomic mass is 16.5. The van der Waals surface area contributed by atoms with Crippen LogP contribution in [0.4, 0.5) is 0 Å². The maximum Gasteiger partial charge on any atom is 0.249 e. The van der Waals surface area contributed by atoms with Crippen LogP contribution in [0.3, 0.4) is 0 Å². The molecule has 0 aromatic heterocycles. The normalized spacial score (nSPS) is 39.6. The molecule has 2 N–H and O–H groups in total. The maximum atomic E-state index is 11.9. The van der Waals surface area contributed by atoms with Gasteiger partial charge >= 0.3 is 0 Å². The lowest BCUT2D eigenvalue weighted by Gasteiger charge is -2.35. The zero-order valence-electron chi connectivity index (χ0n) is 10.2. The summed E-state index contributed by atoms with van der Waals surface area (Å²) < 4.78 is 5.38. The van der Waals surface area contributed by atoms with Gasteiger partial charge in [-0.15, -0.1) is 0 Å². The van der Waals surface area contributed by atoms with E-state index in [0.29, 0.717) is 12.1 Å². The first kappa shape index (κ1) is 11.9. The van der Waals surface area contributed by atoms with Gasteiger partial charge in [0.25, 0.3) is 0 Å². The summed E-state index contributed by atoms with van der Waals surface area (Å²) in [5, 5.41) is 6.57. The quantitative estimate of drug-likeness (QED) is 0.732. The van der Waals surface area contributed by atoms with Gasteiger partial charge < -0.3 is 15.4 Å². The van der Waals surface area contributed by atoms with Crippen LogP contribution in [0.5, 0.6) is 0 Å². The third kappa shape index (κ3) is 2.74. The predicted molar refractivity (Wildman–Crippen MR) is 62.2 cm³/mol. The van der Waals surface area contributed by atoms with Gasteiger partial charge in [0.1, 0.15) is 6.10 Å². The van der Waals surface area contributed by atoms with Crippen LogP contribution >= 0.6 is 0 Å². The van der Waals surface area contributed by atoms with Crippen molar-refractivity contribution in [1.82, 2.24) is 10.6 Å². The lowest BCUT2D eigenvalue weighted by Crippen LogP contribution is -2.56. The summed E-state index contributed by atoms with van der Waals surface area (Å²) in [5.41, 5.74) is 0. The van der Waals surface area contributed by atoms with Gasteiger partial charge in [-0.3, -0.25) is 4.79 Å². The Balaban J connectivity index is 1.82. The number of rotatable bonds is 2. The van der Waals surface area contributed by atoms with E-state index in [1.807, 2.05) is 0 Å². The molecule has 92 valence electrons. The minimum atomic E-state index is -0.202. The standard InChI is InChI=1S/C12H22N2O2/c1-8-5-6-10(9(2)13-8)14-12(15)11-4-3-7-16-11/h8-11,13H,3-7H2,1-2H3,(H,14,15). The summed E-state index contributed by atoms with van der Waals surface area (Å²) >= 11 is 0. The summed E-state index contributed by atoms with van der Waals surface area (Å²) in [5.74, 6) is 0.0747. The monoisotopic (exact) mass is 226 g/mol. The number of carbonyl (C=O) groups is 1. The van der Waals surface area contributed by atoms with Crippen molar-refractivity contribution in [2.75, 3.05) is 6.61 Å². The van der Waals surface area contributed by atoms with Crippen molar-refractivity contribution in [1.29, 1.82) is 0 Å². The van der Waals surface area contributed by atoms with Gasteiger partial charge in [0.05, 0.1) is 0 Å². The Morgan fingerprint density at radius 3 is 2.75 bits per heavy atom. The molecule has 4 heteroatoms. The van der Waals surface area contributed by atoms with Crippen LogP contribution in [0, 0.1) is 0 Å². The number of piperidine rings is 1. The Morgan fingerprint density at radius 1 is 1.31 bits per heavy atom. The van der Waals surface area contributed by atoms with Crippen LogP contribution in [0.2, 0.25) is 0 Å². The average Bonchev–Trinajstić information content (AvgIpc) is 2.75. The summed E-state index contributed by atoms with van der Waals surface area (Å²) in [6.45, 7) is 5.05. The molecule has 4 unspecified atom stereocenters. The maximum absolute atomic E-state index is 11.9. The van der Waals surface area contributed by atoms with Gasteiger partial charge in [-0.2, -0.15) is 0 Å². The van der Waals surface area contributed by atoms with E-state index in [4.69, 9.17) is 4.74 Å². The van der Waals surface area contributed by atoms with Crippen LogP contribution in [0.15, 0.2) is 0 Å². The minimum absolute atomic E-state index is 0.0747. The molecule has 2 aliphatic rings. The first-order valence-corrected chi connectivity index (χ1v) is 6.35. The molecule has 0 saturated carbocycles. The number of hydrogen-bond donors (Lipinski definition) is 2. The summed E-state index contributed by atoms with van der Waals surface area (Å²) in [4.78, 5) is 11.9. The molecule has 2 rings (SSSR count). The second kappa shape index (κ2) is 5.15. The van der Waals surface area contributed by atoms with Crippen LogP contribution < -0.4 is 10.6 Å². The molecule has 4 atom stereocenters. The van der Waals surface area contributed by atoms with Crippen LogP contribution in [-0.4, -0.2) is 36.7 Å². The molecule has 0 aromatic rings. The van der Waals surface area contributed by atoms with Crippen molar-refractivity contribution in [3.63, 3.8) is 0 Å². The molecule has 1 amide bonds. The van der Waals surface area contributed by atoms with Crippen molar-refractivity contribution in [2.24, 2.45) is 0 Å². The van der Waals surface area contributed by atoms with Crippen molar-refractivity contribution in [3.8, 4) is 0 Å². The van der Waals surface area contributed by atoms with Gasteiger partial charge in [0.15, 0.2) is 0 Å². The SMILES string of the molecule is CC1CCC(NC(=O)C2CCCO2)C(C)N1. The molecular formula is C12H22N2O2. The number of nitrogens with one attached hydrogen (secondary N) is 2. The van der Waals surface area contributed by atoms with Crippen molar-refractivity contribution >= 4 is 5.91 Å². The molecule has 16 heavy (non-hydrogen) atoms. The lowest BCUT2D eigenvalue weighted by atomic mass is 9.95. The Morgan fingerprint density at radius 2 is 2.12 bits per heavy atom. The lowest BCUT2D eigenvalue weighted by molar-refractivity contribution is -0.131. The molecular weight excluding hydrogens is 204 g/mol.